The molecule has 0 aliphatic carbocycles. The molecule has 0 saturated carbocycles. The molecular formula is C9H8F2O. The van der Waals surface area contributed by atoms with Gasteiger partial charge in [-0.15, -0.1) is 0 Å². The Kier molecular flexibility index (Phi) is 2.55. The number of aliphatic hydroxyl groups excluding tert-OH is 1. The molecule has 0 spiro atoms. The van der Waals surface area contributed by atoms with Crippen molar-refractivity contribution in [2.24, 2.45) is 0 Å². The van der Waals surface area contributed by atoms with E-state index in [-0.39, 0.29) is 6.61 Å². The van der Waals surface area contributed by atoms with E-state index in [0.29, 0.717) is 11.1 Å². The summed E-state index contributed by atoms with van der Waals surface area (Å²) >= 11 is 0. The van der Waals surface area contributed by atoms with E-state index in [9.17, 15) is 8.78 Å². The second-order valence-corrected chi connectivity index (χ2v) is 2.39. The normalized spacial score (nSPS) is 9.92. The van der Waals surface area contributed by atoms with Crippen LogP contribution in [0.15, 0.2) is 24.8 Å². The molecule has 0 bridgehead atoms. The quantitative estimate of drug-likeness (QED) is 0.719. The Bertz CT molecular complexity index is 307. The molecule has 1 rings (SSSR count). The summed E-state index contributed by atoms with van der Waals surface area (Å²) < 4.78 is 25.0. The monoisotopic (exact) mass is 170 g/mol. The van der Waals surface area contributed by atoms with Crippen molar-refractivity contribution in [3.05, 3.63) is 42.0 Å². The van der Waals surface area contributed by atoms with Gasteiger partial charge in [0.15, 0.2) is 11.6 Å². The van der Waals surface area contributed by atoms with Gasteiger partial charge < -0.3 is 5.11 Å². The summed E-state index contributed by atoms with van der Waals surface area (Å²) in [6, 6.07) is 3.39. The molecule has 0 aliphatic rings. The average Bonchev–Trinajstić information content (AvgIpc) is 2.08. The molecule has 0 heterocycles. The third-order valence-electron chi connectivity index (χ3n) is 1.52. The maximum absolute atomic E-state index is 12.6. The van der Waals surface area contributed by atoms with Crippen molar-refractivity contribution in [3.8, 4) is 0 Å². The van der Waals surface area contributed by atoms with E-state index in [1.54, 1.807) is 0 Å². The molecular weight excluding hydrogens is 162 g/mol. The molecule has 1 aromatic rings. The third kappa shape index (κ3) is 1.68. The fraction of sp³-hybridized carbons (Fsp3) is 0.111. The Morgan fingerprint density at radius 2 is 2.00 bits per heavy atom. The highest BCUT2D eigenvalue weighted by Crippen LogP contribution is 2.14. The standard InChI is InChI=1S/C9H8F2O/c1-6(5-12)7-2-3-8(10)9(11)4-7/h2-4,12H,1,5H2. The highest BCUT2D eigenvalue weighted by Gasteiger charge is 2.03. The Labute approximate surface area is 69.0 Å². The molecule has 0 aliphatic heterocycles. The van der Waals surface area contributed by atoms with E-state index in [2.05, 4.69) is 6.58 Å². The van der Waals surface area contributed by atoms with Gasteiger partial charge >= 0.3 is 0 Å². The average molecular weight is 170 g/mol. The zero-order valence-electron chi connectivity index (χ0n) is 6.35. The Hall–Kier alpha value is -1.22. The molecule has 1 aromatic carbocycles. The number of hydrogen-bond donors (Lipinski definition) is 1. The van der Waals surface area contributed by atoms with E-state index in [1.807, 2.05) is 0 Å². The predicted molar refractivity (Wildman–Crippen MR) is 42.5 cm³/mol. The van der Waals surface area contributed by atoms with E-state index < -0.39 is 11.6 Å². The number of benzene rings is 1. The first-order valence-electron chi connectivity index (χ1n) is 3.39. The fourth-order valence-electron chi connectivity index (χ4n) is 0.807. The number of aliphatic hydroxyl groups is 1. The van der Waals surface area contributed by atoms with Crippen LogP contribution in [0.3, 0.4) is 0 Å². The van der Waals surface area contributed by atoms with Crippen LogP contribution in [0.5, 0.6) is 0 Å². The summed E-state index contributed by atoms with van der Waals surface area (Å²) in [5.74, 6) is -1.83. The van der Waals surface area contributed by atoms with Gasteiger partial charge in [0, 0.05) is 0 Å². The molecule has 0 fully saturated rings. The molecule has 0 aromatic heterocycles. The zero-order chi connectivity index (χ0) is 9.14. The first-order valence-corrected chi connectivity index (χ1v) is 3.39. The molecule has 3 heteroatoms. The van der Waals surface area contributed by atoms with E-state index in [0.717, 1.165) is 12.1 Å². The maximum Gasteiger partial charge on any atom is 0.159 e. The molecule has 1 nitrogen and oxygen atoms in total. The minimum Gasteiger partial charge on any atom is -0.392 e. The summed E-state index contributed by atoms with van der Waals surface area (Å²) in [5.41, 5.74) is 0.783. The van der Waals surface area contributed by atoms with Gasteiger partial charge in [-0.3, -0.25) is 0 Å². The van der Waals surface area contributed by atoms with Crippen LogP contribution in [-0.2, 0) is 0 Å². The third-order valence-corrected chi connectivity index (χ3v) is 1.52. The molecule has 0 unspecified atom stereocenters. The Morgan fingerprint density at radius 1 is 1.33 bits per heavy atom. The van der Waals surface area contributed by atoms with Gasteiger partial charge in [0.05, 0.1) is 6.61 Å². The van der Waals surface area contributed by atoms with E-state index in [1.165, 1.54) is 6.07 Å². The molecule has 12 heavy (non-hydrogen) atoms. The maximum atomic E-state index is 12.6. The highest BCUT2D eigenvalue weighted by atomic mass is 19.2. The summed E-state index contributed by atoms with van der Waals surface area (Å²) in [5, 5.41) is 8.63. The van der Waals surface area contributed by atoms with Gasteiger partial charge in [0.2, 0.25) is 0 Å². The zero-order valence-corrected chi connectivity index (χ0v) is 6.35. The molecule has 1 N–H and O–H groups in total. The largest absolute Gasteiger partial charge is 0.392 e. The highest BCUT2D eigenvalue weighted by molar-refractivity contribution is 5.63. The van der Waals surface area contributed by atoms with Crippen LogP contribution in [0.2, 0.25) is 0 Å². The fourth-order valence-corrected chi connectivity index (χ4v) is 0.807. The van der Waals surface area contributed by atoms with Crippen LogP contribution in [0, 0.1) is 11.6 Å². The predicted octanol–water partition coefficient (Wildman–Crippen LogP) is 1.97. The lowest BCUT2D eigenvalue weighted by atomic mass is 10.1. The van der Waals surface area contributed by atoms with Gasteiger partial charge in [-0.05, 0) is 23.3 Å². The lowest BCUT2D eigenvalue weighted by molar-refractivity contribution is 0.350. The first-order chi connectivity index (χ1) is 5.65. The smallest absolute Gasteiger partial charge is 0.159 e. The first kappa shape index (κ1) is 8.87. The van der Waals surface area contributed by atoms with Crippen molar-refractivity contribution in [2.45, 2.75) is 0 Å². The Balaban J connectivity index is 3.05. The Morgan fingerprint density at radius 3 is 2.50 bits per heavy atom. The van der Waals surface area contributed by atoms with Crippen molar-refractivity contribution in [1.82, 2.24) is 0 Å². The topological polar surface area (TPSA) is 20.2 Å². The summed E-state index contributed by atoms with van der Waals surface area (Å²) in [4.78, 5) is 0. The number of hydrogen-bond acceptors (Lipinski definition) is 1. The summed E-state index contributed by atoms with van der Waals surface area (Å²) in [6.45, 7) is 3.22. The summed E-state index contributed by atoms with van der Waals surface area (Å²) in [6.07, 6.45) is 0. The van der Waals surface area contributed by atoms with Crippen LogP contribution < -0.4 is 0 Å². The van der Waals surface area contributed by atoms with E-state index in [4.69, 9.17) is 5.11 Å². The van der Waals surface area contributed by atoms with Gasteiger partial charge in [-0.2, -0.15) is 0 Å². The minimum absolute atomic E-state index is 0.259. The van der Waals surface area contributed by atoms with Crippen LogP contribution in [-0.4, -0.2) is 11.7 Å². The number of halogens is 2. The van der Waals surface area contributed by atoms with Gasteiger partial charge in [-0.1, -0.05) is 12.6 Å². The molecule has 0 atom stereocenters. The van der Waals surface area contributed by atoms with Crippen LogP contribution in [0.1, 0.15) is 5.56 Å². The van der Waals surface area contributed by atoms with Crippen molar-refractivity contribution in [1.29, 1.82) is 0 Å². The number of rotatable bonds is 2. The van der Waals surface area contributed by atoms with Gasteiger partial charge in [0.25, 0.3) is 0 Å². The second-order valence-electron chi connectivity index (χ2n) is 2.39. The van der Waals surface area contributed by atoms with Crippen molar-refractivity contribution < 1.29 is 13.9 Å². The summed E-state index contributed by atoms with van der Waals surface area (Å²) in [7, 11) is 0. The van der Waals surface area contributed by atoms with Crippen molar-refractivity contribution in [3.63, 3.8) is 0 Å². The molecule has 64 valence electrons. The minimum atomic E-state index is -0.929. The van der Waals surface area contributed by atoms with Crippen LogP contribution >= 0.6 is 0 Å². The van der Waals surface area contributed by atoms with Gasteiger partial charge in [-0.25, -0.2) is 8.78 Å². The van der Waals surface area contributed by atoms with Crippen LogP contribution in [0.4, 0.5) is 8.78 Å². The lowest BCUT2D eigenvalue weighted by Crippen LogP contribution is -1.91. The van der Waals surface area contributed by atoms with Gasteiger partial charge in [0.1, 0.15) is 0 Å². The van der Waals surface area contributed by atoms with Crippen molar-refractivity contribution >= 4 is 5.57 Å². The molecule has 0 amide bonds. The lowest BCUT2D eigenvalue weighted by Gasteiger charge is -2.01. The van der Waals surface area contributed by atoms with E-state index >= 15 is 0 Å². The molecule has 0 radical (unpaired) electrons. The second kappa shape index (κ2) is 3.45. The SMILES string of the molecule is C=C(CO)c1ccc(F)c(F)c1. The van der Waals surface area contributed by atoms with Crippen molar-refractivity contribution in [2.75, 3.05) is 6.61 Å². The van der Waals surface area contributed by atoms with Crippen LogP contribution in [0.25, 0.3) is 5.57 Å². The molecule has 0 saturated heterocycles.